The van der Waals surface area contributed by atoms with Crippen molar-refractivity contribution < 1.29 is 0 Å². The quantitative estimate of drug-likeness (QED) is 0.455. The van der Waals surface area contributed by atoms with Crippen LogP contribution in [0.4, 0.5) is 0 Å². The third-order valence-corrected chi connectivity index (χ3v) is 3.58. The lowest BCUT2D eigenvalue weighted by Crippen LogP contribution is -2.12. The van der Waals surface area contributed by atoms with Crippen LogP contribution in [0, 0.1) is 5.92 Å². The molecule has 108 valence electrons. The summed E-state index contributed by atoms with van der Waals surface area (Å²) in [5.41, 5.74) is 6.48. The minimum absolute atomic E-state index is 0.532. The van der Waals surface area contributed by atoms with Crippen LogP contribution in [0.5, 0.6) is 0 Å². The Bertz CT molecular complexity index is 392. The van der Waals surface area contributed by atoms with Gasteiger partial charge in [-0.15, -0.1) is 0 Å². The van der Waals surface area contributed by atoms with E-state index in [1.807, 2.05) is 0 Å². The summed E-state index contributed by atoms with van der Waals surface area (Å²) >= 11 is 0. The van der Waals surface area contributed by atoms with E-state index < -0.39 is 0 Å². The van der Waals surface area contributed by atoms with Gasteiger partial charge in [0.25, 0.3) is 0 Å². The Labute approximate surface area is 120 Å². The van der Waals surface area contributed by atoms with Crippen molar-refractivity contribution in [3.63, 3.8) is 0 Å². The average Bonchev–Trinajstić information content (AvgIpc) is 2.36. The van der Waals surface area contributed by atoms with Crippen LogP contribution in [0.25, 0.3) is 0 Å². The molecule has 0 unspecified atom stereocenters. The lowest BCUT2D eigenvalue weighted by atomic mass is 10.00. The van der Waals surface area contributed by atoms with Crippen molar-refractivity contribution in [3.05, 3.63) is 46.8 Å². The minimum atomic E-state index is 0.532. The zero-order chi connectivity index (χ0) is 15.0. The first-order valence-electron chi connectivity index (χ1n) is 7.26. The molecular weight excluding hydrogens is 230 g/mol. The smallest absolute Gasteiger partial charge is 0.0146 e. The summed E-state index contributed by atoms with van der Waals surface area (Å²) in [5.74, 6) is 0.532. The van der Waals surface area contributed by atoms with Gasteiger partial charge in [0.1, 0.15) is 0 Å². The maximum Gasteiger partial charge on any atom is 0.0146 e. The Morgan fingerprint density at radius 1 is 1.21 bits per heavy atom. The van der Waals surface area contributed by atoms with E-state index in [9.17, 15) is 0 Å². The Balaban J connectivity index is 4.74. The predicted molar refractivity (Wildman–Crippen MR) is 87.9 cm³/mol. The Morgan fingerprint density at radius 2 is 1.79 bits per heavy atom. The third kappa shape index (κ3) is 7.05. The molecule has 0 amide bonds. The summed E-state index contributed by atoms with van der Waals surface area (Å²) in [7, 11) is 0. The highest BCUT2D eigenvalue weighted by molar-refractivity contribution is 5.27. The zero-order valence-electron chi connectivity index (χ0n) is 13.9. The van der Waals surface area contributed by atoms with Gasteiger partial charge in [-0.1, -0.05) is 50.1 Å². The van der Waals surface area contributed by atoms with E-state index in [0.717, 1.165) is 12.8 Å². The molecule has 0 radical (unpaired) electrons. The van der Waals surface area contributed by atoms with Gasteiger partial charge in [-0.05, 0) is 46.1 Å². The number of rotatable bonds is 7. The highest BCUT2D eigenvalue weighted by Crippen LogP contribution is 2.17. The second-order valence-electron chi connectivity index (χ2n) is 5.57. The molecule has 0 saturated heterocycles. The summed E-state index contributed by atoms with van der Waals surface area (Å²) < 4.78 is 0. The summed E-state index contributed by atoms with van der Waals surface area (Å²) in [6, 6.07) is 0. The fourth-order valence-electron chi connectivity index (χ4n) is 1.68. The van der Waals surface area contributed by atoms with Crippen LogP contribution in [-0.2, 0) is 0 Å². The monoisotopic (exact) mass is 261 g/mol. The zero-order valence-corrected chi connectivity index (χ0v) is 13.9. The molecule has 19 heavy (non-hydrogen) atoms. The van der Waals surface area contributed by atoms with Gasteiger partial charge in [0.05, 0.1) is 0 Å². The Morgan fingerprint density at radius 3 is 2.21 bits per heavy atom. The molecule has 1 nitrogen and oxygen atoms in total. The Hall–Kier alpha value is -1.24. The molecule has 0 aliphatic carbocycles. The van der Waals surface area contributed by atoms with Crippen molar-refractivity contribution in [1.82, 2.24) is 5.32 Å². The molecule has 0 saturated carbocycles. The van der Waals surface area contributed by atoms with Gasteiger partial charge < -0.3 is 5.32 Å². The molecule has 0 aromatic carbocycles. The first kappa shape index (κ1) is 17.8. The van der Waals surface area contributed by atoms with Crippen molar-refractivity contribution in [1.29, 1.82) is 0 Å². The van der Waals surface area contributed by atoms with E-state index in [-0.39, 0.29) is 0 Å². The summed E-state index contributed by atoms with van der Waals surface area (Å²) in [4.78, 5) is 0. The van der Waals surface area contributed by atoms with E-state index >= 15 is 0 Å². The van der Waals surface area contributed by atoms with Crippen LogP contribution in [-0.4, -0.2) is 0 Å². The van der Waals surface area contributed by atoms with Crippen molar-refractivity contribution in [2.45, 2.75) is 61.3 Å². The van der Waals surface area contributed by atoms with Gasteiger partial charge in [-0.25, -0.2) is 0 Å². The molecule has 0 fully saturated rings. The van der Waals surface area contributed by atoms with E-state index in [2.05, 4.69) is 72.5 Å². The molecule has 0 aliphatic heterocycles. The van der Waals surface area contributed by atoms with Crippen molar-refractivity contribution in [2.24, 2.45) is 5.92 Å². The molecule has 0 bridgehead atoms. The highest BCUT2D eigenvalue weighted by atomic mass is 14.9. The van der Waals surface area contributed by atoms with Gasteiger partial charge in [0.15, 0.2) is 0 Å². The summed E-state index contributed by atoms with van der Waals surface area (Å²) in [5, 5.41) is 3.49. The van der Waals surface area contributed by atoms with E-state index in [0.29, 0.717) is 5.92 Å². The number of allylic oxidation sites excluding steroid dienone is 6. The number of nitrogens with one attached hydrogen (secondary N) is 1. The van der Waals surface area contributed by atoms with Gasteiger partial charge in [0.2, 0.25) is 0 Å². The van der Waals surface area contributed by atoms with Crippen molar-refractivity contribution >= 4 is 0 Å². The van der Waals surface area contributed by atoms with Crippen molar-refractivity contribution in [3.8, 4) is 0 Å². The predicted octanol–water partition coefficient (Wildman–Crippen LogP) is 5.73. The van der Waals surface area contributed by atoms with Crippen LogP contribution >= 0.6 is 0 Å². The fourth-order valence-corrected chi connectivity index (χ4v) is 1.68. The minimum Gasteiger partial charge on any atom is -0.362 e. The van der Waals surface area contributed by atoms with Gasteiger partial charge in [-0.3, -0.25) is 0 Å². The molecule has 0 atom stereocenters. The molecular formula is C18H31N. The largest absolute Gasteiger partial charge is 0.362 e. The van der Waals surface area contributed by atoms with E-state index in [1.165, 1.54) is 28.1 Å². The summed E-state index contributed by atoms with van der Waals surface area (Å²) in [6.45, 7) is 19.3. The van der Waals surface area contributed by atoms with Gasteiger partial charge in [0, 0.05) is 17.8 Å². The molecule has 0 rings (SSSR count). The lowest BCUT2D eigenvalue weighted by Gasteiger charge is -2.15. The molecule has 0 aromatic heterocycles. The molecule has 1 heteroatoms. The molecule has 0 spiro atoms. The van der Waals surface area contributed by atoms with Crippen LogP contribution < -0.4 is 5.32 Å². The SMILES string of the molecule is C=C(C/C(=C\C)N/C(C)=C/C(C)=C(\C)CC)C(C)C. The topological polar surface area (TPSA) is 12.0 Å². The molecule has 0 heterocycles. The maximum absolute atomic E-state index is 4.14. The normalized spacial score (nSPS) is 14.5. The van der Waals surface area contributed by atoms with Crippen LogP contribution in [0.2, 0.25) is 0 Å². The first-order chi connectivity index (χ1) is 8.81. The van der Waals surface area contributed by atoms with Crippen LogP contribution in [0.1, 0.15) is 61.3 Å². The van der Waals surface area contributed by atoms with Crippen molar-refractivity contribution in [2.75, 3.05) is 0 Å². The lowest BCUT2D eigenvalue weighted by molar-refractivity contribution is 0.726. The second kappa shape index (κ2) is 8.79. The van der Waals surface area contributed by atoms with E-state index in [4.69, 9.17) is 0 Å². The average molecular weight is 261 g/mol. The van der Waals surface area contributed by atoms with Crippen LogP contribution in [0.15, 0.2) is 46.8 Å². The number of hydrogen-bond acceptors (Lipinski definition) is 1. The third-order valence-electron chi connectivity index (χ3n) is 3.58. The summed E-state index contributed by atoms with van der Waals surface area (Å²) in [6.07, 6.45) is 6.39. The standard InChI is InChI=1S/C18H31N/c1-9-14(5)16(7)11-17(8)19-18(10-2)12-15(6)13(3)4/h10-11,13,19H,6,9,12H2,1-5,7-8H3/b16-14+,17-11+,18-10+. The maximum atomic E-state index is 4.14. The second-order valence-corrected chi connectivity index (χ2v) is 5.57. The molecule has 0 aliphatic rings. The molecule has 0 aromatic rings. The van der Waals surface area contributed by atoms with E-state index in [1.54, 1.807) is 0 Å². The first-order valence-corrected chi connectivity index (χ1v) is 7.26. The Kier molecular flexibility index (Phi) is 8.22. The fraction of sp³-hybridized carbons (Fsp3) is 0.556. The highest BCUT2D eigenvalue weighted by Gasteiger charge is 2.04. The van der Waals surface area contributed by atoms with Gasteiger partial charge >= 0.3 is 0 Å². The molecule has 1 N–H and O–H groups in total. The number of hydrogen-bond donors (Lipinski definition) is 1. The van der Waals surface area contributed by atoms with Gasteiger partial charge in [-0.2, -0.15) is 0 Å². The van der Waals surface area contributed by atoms with Crippen LogP contribution in [0.3, 0.4) is 0 Å².